The van der Waals surface area contributed by atoms with Crippen LogP contribution in [0, 0.1) is 0 Å². The molecule has 0 saturated carbocycles. The molecule has 0 radical (unpaired) electrons. The van der Waals surface area contributed by atoms with Crippen LogP contribution in [-0.2, 0) is 20.7 Å². The van der Waals surface area contributed by atoms with Crippen LogP contribution in [0.1, 0.15) is 20.4 Å². The summed E-state index contributed by atoms with van der Waals surface area (Å²) < 4.78 is 13.6. The third-order valence-electron chi connectivity index (χ3n) is 5.08. The lowest BCUT2D eigenvalue weighted by Gasteiger charge is -2.49. The Morgan fingerprint density at radius 1 is 1.56 bits per heavy atom. The van der Waals surface area contributed by atoms with Gasteiger partial charge in [0.2, 0.25) is 5.91 Å². The summed E-state index contributed by atoms with van der Waals surface area (Å²) in [4.78, 5) is 32.7. The Morgan fingerprint density at radius 2 is 2.26 bits per heavy atom. The highest BCUT2D eigenvalue weighted by atomic mass is 16.6. The van der Waals surface area contributed by atoms with Gasteiger partial charge in [-0.1, -0.05) is 0 Å². The molecule has 0 spiro atoms. The molecular formula is C16H26N4O7. The molecule has 11 nitrogen and oxygen atoms in total. The second kappa shape index (κ2) is 7.90. The van der Waals surface area contributed by atoms with Gasteiger partial charge in [0.05, 0.1) is 12.9 Å². The zero-order chi connectivity index (χ0) is 21.1. The zero-order valence-electron chi connectivity index (χ0n) is 15.9. The number of carbonyl (C=O) groups is 2. The number of carboxylic acids is 1. The van der Waals surface area contributed by atoms with Crippen LogP contribution in [0.15, 0.2) is 12.5 Å². The number of aromatic amines is 1. The molecule has 11 heteroatoms. The molecule has 1 aliphatic rings. The van der Waals surface area contributed by atoms with E-state index < -0.39 is 61.3 Å². The molecule has 1 saturated heterocycles. The quantitative estimate of drug-likeness (QED) is 0.280. The summed E-state index contributed by atoms with van der Waals surface area (Å²) in [5.74, 6) is -2.19. The number of carboxylic acid groups (broad SMARTS) is 1. The van der Waals surface area contributed by atoms with Crippen LogP contribution in [0.3, 0.4) is 0 Å². The zero-order valence-corrected chi connectivity index (χ0v) is 14.9. The monoisotopic (exact) mass is 387 g/mol. The second-order valence-electron chi connectivity index (χ2n) is 6.57. The maximum Gasteiger partial charge on any atom is 0.333 e. The molecule has 2 rings (SSSR count). The number of aliphatic hydroxyl groups is 3. The average molecular weight is 387 g/mol. The number of nitrogens with zero attached hydrogens (tertiary/aromatic N) is 2. The van der Waals surface area contributed by atoms with Crippen LogP contribution in [0.2, 0.25) is 0 Å². The predicted octanol–water partition coefficient (Wildman–Crippen LogP) is -2.55. The first-order valence-corrected chi connectivity index (χ1v) is 8.33. The molecule has 1 unspecified atom stereocenters. The lowest BCUT2D eigenvalue weighted by atomic mass is 9.72. The second-order valence-corrected chi connectivity index (χ2v) is 6.57. The van der Waals surface area contributed by atoms with Crippen LogP contribution < -0.4 is 5.73 Å². The molecule has 1 aromatic rings. The Bertz CT molecular complexity index is 691. The Kier molecular flexibility index (Phi) is 5.77. The molecule has 1 fully saturated rings. The molecule has 152 valence electrons. The molecular weight excluding hydrogens is 360 g/mol. The number of nitrogens with one attached hydrogen (secondary N) is 1. The Balaban J connectivity index is 2.70. The van der Waals surface area contributed by atoms with E-state index in [9.17, 15) is 30.0 Å². The summed E-state index contributed by atoms with van der Waals surface area (Å²) in [7, 11) is 1.22. The van der Waals surface area contributed by atoms with Crippen molar-refractivity contribution in [2.75, 3.05) is 20.2 Å². The summed E-state index contributed by atoms with van der Waals surface area (Å²) >= 11 is 0. The van der Waals surface area contributed by atoms with Crippen molar-refractivity contribution in [1.29, 1.82) is 0 Å². The Morgan fingerprint density at radius 3 is 2.70 bits per heavy atom. The van der Waals surface area contributed by atoms with E-state index in [-0.39, 0.29) is 13.0 Å². The number of ether oxygens (including phenoxy) is 1. The van der Waals surface area contributed by atoms with Gasteiger partial charge in [0, 0.05) is 39.7 Å². The fourth-order valence-corrected chi connectivity index (χ4v) is 3.49. The number of imidazole rings is 1. The van der Waals surface area contributed by atoms with Crippen LogP contribution in [-0.4, -0.2) is 96.8 Å². The molecule has 27 heavy (non-hydrogen) atoms. The highest BCUT2D eigenvalue weighted by Gasteiger charge is 2.68. The SMILES string of the molecule is [2H]CC1([C@](Cc2cnc[nH]2)(C(=O)O)N(C)C(=O)CCN)O[C@H](CO)[C@@H](O)[C@@H]1O. The molecule has 0 bridgehead atoms. The number of nitrogens with two attached hydrogens (primary N) is 1. The molecule has 0 aliphatic carbocycles. The molecule has 1 aliphatic heterocycles. The standard InChI is InChI=1S/C16H26N4O7/c1-15(13(24)12(23)10(7-21)27-15)16(14(25)26,5-9-6-18-8-19-9)20(2)11(22)3-4-17/h6,8,10,12-13,21,23-24H,3-5,7,17H2,1-2H3,(H,18,19)(H,25,26)/t10-,12-,13+,15?,16+/m1/s1/i1D. The van der Waals surface area contributed by atoms with Gasteiger partial charge in [-0.15, -0.1) is 0 Å². The maximum atomic E-state index is 12.6. The van der Waals surface area contributed by atoms with E-state index in [2.05, 4.69) is 9.97 Å². The van der Waals surface area contributed by atoms with Gasteiger partial charge in [-0.2, -0.15) is 0 Å². The number of amides is 1. The van der Waals surface area contributed by atoms with Gasteiger partial charge in [-0.3, -0.25) is 4.79 Å². The van der Waals surface area contributed by atoms with Crippen molar-refractivity contribution < 1.29 is 36.1 Å². The van der Waals surface area contributed by atoms with Crippen molar-refractivity contribution in [2.24, 2.45) is 5.73 Å². The van der Waals surface area contributed by atoms with Crippen molar-refractivity contribution in [3.8, 4) is 0 Å². The summed E-state index contributed by atoms with van der Waals surface area (Å²) in [5.41, 5.74) is 1.22. The molecule has 1 aromatic heterocycles. The number of likely N-dealkylation sites (N-methyl/N-ethyl adjacent to an activating group) is 1. The largest absolute Gasteiger partial charge is 0.479 e. The van der Waals surface area contributed by atoms with Crippen molar-refractivity contribution in [1.82, 2.24) is 14.9 Å². The fourth-order valence-electron chi connectivity index (χ4n) is 3.49. The van der Waals surface area contributed by atoms with E-state index in [1.807, 2.05) is 0 Å². The van der Waals surface area contributed by atoms with E-state index in [1.54, 1.807) is 0 Å². The van der Waals surface area contributed by atoms with Crippen LogP contribution in [0.5, 0.6) is 0 Å². The Hall–Kier alpha value is -2.05. The van der Waals surface area contributed by atoms with Crippen LogP contribution in [0.4, 0.5) is 0 Å². The van der Waals surface area contributed by atoms with E-state index >= 15 is 0 Å². The number of aliphatic hydroxyl groups excluding tert-OH is 3. The van der Waals surface area contributed by atoms with E-state index in [0.717, 1.165) is 4.90 Å². The van der Waals surface area contributed by atoms with Crippen molar-refractivity contribution >= 4 is 11.9 Å². The average Bonchev–Trinajstić information content (AvgIpc) is 3.27. The predicted molar refractivity (Wildman–Crippen MR) is 91.5 cm³/mol. The number of aliphatic carboxylic acids is 1. The number of carbonyl (C=O) groups excluding carboxylic acids is 1. The summed E-state index contributed by atoms with van der Waals surface area (Å²) in [5, 5.41) is 40.7. The maximum absolute atomic E-state index is 12.6. The summed E-state index contributed by atoms with van der Waals surface area (Å²) in [6, 6.07) is 0. The molecule has 2 heterocycles. The highest BCUT2D eigenvalue weighted by molar-refractivity contribution is 5.89. The van der Waals surface area contributed by atoms with Gasteiger partial charge in [0.25, 0.3) is 0 Å². The lowest BCUT2D eigenvalue weighted by Crippen LogP contribution is -2.72. The topological polar surface area (TPSA) is 182 Å². The molecule has 7 N–H and O–H groups in total. The normalized spacial score (nSPS) is 30.6. The first kappa shape index (κ1) is 19.7. The van der Waals surface area contributed by atoms with Crippen LogP contribution in [0.25, 0.3) is 0 Å². The number of hydrogen-bond acceptors (Lipinski definition) is 8. The van der Waals surface area contributed by atoms with Gasteiger partial charge in [0.1, 0.15) is 23.9 Å². The van der Waals surface area contributed by atoms with Gasteiger partial charge < -0.3 is 40.8 Å². The molecule has 1 amide bonds. The van der Waals surface area contributed by atoms with E-state index in [0.29, 0.717) is 5.69 Å². The van der Waals surface area contributed by atoms with Gasteiger partial charge in [-0.25, -0.2) is 9.78 Å². The molecule has 5 atom stereocenters. The van der Waals surface area contributed by atoms with Crippen molar-refractivity contribution in [2.45, 2.75) is 49.2 Å². The van der Waals surface area contributed by atoms with E-state index in [1.165, 1.54) is 19.6 Å². The molecule has 0 aromatic carbocycles. The van der Waals surface area contributed by atoms with Gasteiger partial charge >= 0.3 is 5.97 Å². The Labute approximate surface area is 157 Å². The van der Waals surface area contributed by atoms with E-state index in [4.69, 9.17) is 11.8 Å². The first-order chi connectivity index (χ1) is 13.2. The summed E-state index contributed by atoms with van der Waals surface area (Å²) in [6.45, 7) is -1.55. The van der Waals surface area contributed by atoms with Gasteiger partial charge in [-0.05, 0) is 6.90 Å². The summed E-state index contributed by atoms with van der Waals surface area (Å²) in [6.07, 6.45) is -2.73. The minimum absolute atomic E-state index is 0.0396. The first-order valence-electron chi connectivity index (χ1n) is 9.04. The third kappa shape index (κ3) is 3.32. The number of aromatic nitrogens is 2. The van der Waals surface area contributed by atoms with Crippen molar-refractivity contribution in [3.05, 3.63) is 18.2 Å². The highest BCUT2D eigenvalue weighted by Crippen LogP contribution is 2.44. The number of H-pyrrole nitrogens is 1. The van der Waals surface area contributed by atoms with Crippen molar-refractivity contribution in [3.63, 3.8) is 0 Å². The minimum atomic E-state index is -2.29. The number of hydrogen-bond donors (Lipinski definition) is 6. The fraction of sp³-hybridized carbons (Fsp3) is 0.688. The number of rotatable bonds is 8. The lowest BCUT2D eigenvalue weighted by molar-refractivity contribution is -0.197. The smallest absolute Gasteiger partial charge is 0.333 e. The van der Waals surface area contributed by atoms with Gasteiger partial charge in [0.15, 0.2) is 5.54 Å². The minimum Gasteiger partial charge on any atom is -0.479 e. The third-order valence-corrected chi connectivity index (χ3v) is 5.08. The van der Waals surface area contributed by atoms with Crippen LogP contribution >= 0.6 is 0 Å².